The molecule has 1 amide bonds. The monoisotopic (exact) mass is 320 g/mol. The Morgan fingerprint density at radius 3 is 3.00 bits per heavy atom. The molecule has 2 aromatic rings. The molecule has 8 heteroatoms. The predicted octanol–water partition coefficient (Wildman–Crippen LogP) is 1.03. The maximum atomic E-state index is 12.6. The molecule has 1 fully saturated rings. The van der Waals surface area contributed by atoms with Crippen molar-refractivity contribution in [2.24, 2.45) is 0 Å². The summed E-state index contributed by atoms with van der Waals surface area (Å²) < 4.78 is 1.61. The highest BCUT2D eigenvalue weighted by Gasteiger charge is 2.24. The van der Waals surface area contributed by atoms with Gasteiger partial charge in [-0.15, -0.1) is 11.3 Å². The Morgan fingerprint density at radius 2 is 2.27 bits per heavy atom. The van der Waals surface area contributed by atoms with E-state index in [4.69, 9.17) is 0 Å². The van der Waals surface area contributed by atoms with E-state index in [1.54, 1.807) is 22.3 Å². The number of hydrogen-bond acceptors (Lipinski definition) is 6. The van der Waals surface area contributed by atoms with Crippen LogP contribution < -0.4 is 0 Å². The van der Waals surface area contributed by atoms with Gasteiger partial charge in [-0.2, -0.15) is 5.10 Å². The summed E-state index contributed by atoms with van der Waals surface area (Å²) >= 11 is 1.62. The average Bonchev–Trinajstić information content (AvgIpc) is 3.18. The highest BCUT2D eigenvalue weighted by molar-refractivity contribution is 7.07. The lowest BCUT2D eigenvalue weighted by Gasteiger charge is -2.24. The summed E-state index contributed by atoms with van der Waals surface area (Å²) in [6, 6.07) is -0.299. The average molecular weight is 320 g/mol. The first-order valence-corrected chi connectivity index (χ1v) is 8.40. The van der Waals surface area contributed by atoms with Crippen LogP contribution in [0.1, 0.15) is 25.1 Å². The van der Waals surface area contributed by atoms with E-state index in [0.717, 1.165) is 44.8 Å². The summed E-state index contributed by atoms with van der Waals surface area (Å²) in [7, 11) is 0. The van der Waals surface area contributed by atoms with Gasteiger partial charge in [0.05, 0.1) is 11.2 Å². The molecule has 0 aliphatic carbocycles. The van der Waals surface area contributed by atoms with E-state index >= 15 is 0 Å². The minimum absolute atomic E-state index is 0.112. The molecule has 0 N–H and O–H groups in total. The van der Waals surface area contributed by atoms with E-state index in [1.807, 2.05) is 17.3 Å². The lowest BCUT2D eigenvalue weighted by molar-refractivity contribution is -0.134. The Kier molecular flexibility index (Phi) is 4.79. The molecule has 0 aromatic carbocycles. The van der Waals surface area contributed by atoms with Gasteiger partial charge in [0, 0.05) is 38.1 Å². The van der Waals surface area contributed by atoms with Gasteiger partial charge >= 0.3 is 0 Å². The summed E-state index contributed by atoms with van der Waals surface area (Å²) in [6.45, 7) is 6.17. The van der Waals surface area contributed by atoms with Crippen molar-refractivity contribution in [2.45, 2.75) is 25.9 Å². The smallest absolute Gasteiger partial charge is 0.247 e. The van der Waals surface area contributed by atoms with Crippen molar-refractivity contribution in [3.63, 3.8) is 0 Å². The topological polar surface area (TPSA) is 67.2 Å². The zero-order valence-electron chi connectivity index (χ0n) is 12.6. The summed E-state index contributed by atoms with van der Waals surface area (Å²) in [5.74, 6) is 0.112. The third-order valence-corrected chi connectivity index (χ3v) is 4.60. The van der Waals surface area contributed by atoms with Crippen LogP contribution >= 0.6 is 11.3 Å². The largest absolute Gasteiger partial charge is 0.340 e. The number of amides is 1. The number of thiazole rings is 1. The van der Waals surface area contributed by atoms with Crippen LogP contribution in [-0.4, -0.2) is 61.6 Å². The SMILES string of the molecule is CC(C(=O)N1CCCN(Cc2cscn2)CC1)n1cncn1. The van der Waals surface area contributed by atoms with Crippen molar-refractivity contribution in [2.75, 3.05) is 26.2 Å². The zero-order valence-corrected chi connectivity index (χ0v) is 13.4. The van der Waals surface area contributed by atoms with Gasteiger partial charge in [0.1, 0.15) is 18.7 Å². The number of hydrogen-bond donors (Lipinski definition) is 0. The molecule has 0 spiro atoms. The molecule has 22 heavy (non-hydrogen) atoms. The third kappa shape index (κ3) is 3.50. The number of nitrogens with zero attached hydrogens (tertiary/aromatic N) is 6. The minimum Gasteiger partial charge on any atom is -0.340 e. The lowest BCUT2D eigenvalue weighted by atomic mass is 10.2. The molecule has 0 radical (unpaired) electrons. The molecular formula is C14H20N6OS. The number of carbonyl (C=O) groups is 1. The fourth-order valence-electron chi connectivity index (χ4n) is 2.69. The molecule has 1 unspecified atom stereocenters. The van der Waals surface area contributed by atoms with Gasteiger partial charge in [-0.3, -0.25) is 9.69 Å². The number of carbonyl (C=O) groups excluding carboxylic acids is 1. The van der Waals surface area contributed by atoms with Crippen molar-refractivity contribution in [1.29, 1.82) is 0 Å². The normalized spacial score (nSPS) is 18.1. The van der Waals surface area contributed by atoms with Crippen LogP contribution in [0, 0.1) is 0 Å². The fourth-order valence-corrected chi connectivity index (χ4v) is 3.24. The van der Waals surface area contributed by atoms with Crippen LogP contribution in [0.15, 0.2) is 23.5 Å². The van der Waals surface area contributed by atoms with E-state index in [-0.39, 0.29) is 11.9 Å². The molecule has 3 rings (SSSR count). The lowest BCUT2D eigenvalue weighted by Crippen LogP contribution is -2.39. The van der Waals surface area contributed by atoms with Crippen LogP contribution in [0.25, 0.3) is 0 Å². The first kappa shape index (κ1) is 15.1. The van der Waals surface area contributed by atoms with Gasteiger partial charge in [-0.05, 0) is 13.3 Å². The first-order valence-electron chi connectivity index (χ1n) is 7.46. The quantitative estimate of drug-likeness (QED) is 0.842. The second-order valence-electron chi connectivity index (χ2n) is 5.49. The van der Waals surface area contributed by atoms with Crippen LogP contribution in [0.3, 0.4) is 0 Å². The van der Waals surface area contributed by atoms with Crippen molar-refractivity contribution in [1.82, 2.24) is 29.5 Å². The molecule has 7 nitrogen and oxygen atoms in total. The molecule has 2 aromatic heterocycles. The van der Waals surface area contributed by atoms with E-state index in [1.165, 1.54) is 6.33 Å². The highest BCUT2D eigenvalue weighted by Crippen LogP contribution is 2.13. The molecule has 118 valence electrons. The summed E-state index contributed by atoms with van der Waals surface area (Å²) in [5, 5.41) is 6.14. The van der Waals surface area contributed by atoms with Crippen molar-refractivity contribution in [3.8, 4) is 0 Å². The van der Waals surface area contributed by atoms with E-state index in [9.17, 15) is 4.79 Å². The Hall–Kier alpha value is -1.80. The first-order chi connectivity index (χ1) is 10.7. The van der Waals surface area contributed by atoms with Gasteiger partial charge < -0.3 is 4.90 Å². The van der Waals surface area contributed by atoms with Crippen molar-refractivity contribution in [3.05, 3.63) is 29.2 Å². The van der Waals surface area contributed by atoms with Gasteiger partial charge in [0.2, 0.25) is 5.91 Å². The van der Waals surface area contributed by atoms with Crippen LogP contribution in [0.2, 0.25) is 0 Å². The predicted molar refractivity (Wildman–Crippen MR) is 83.3 cm³/mol. The van der Waals surface area contributed by atoms with E-state index in [2.05, 4.69) is 25.3 Å². The maximum absolute atomic E-state index is 12.6. The van der Waals surface area contributed by atoms with E-state index in [0.29, 0.717) is 0 Å². The number of rotatable bonds is 4. The van der Waals surface area contributed by atoms with Crippen LogP contribution in [0.5, 0.6) is 0 Å². The molecular weight excluding hydrogens is 300 g/mol. The highest BCUT2D eigenvalue weighted by atomic mass is 32.1. The standard InChI is InChI=1S/C14H20N6OS/c1-12(20-10-15-9-17-20)14(21)19-4-2-3-18(5-6-19)7-13-8-22-11-16-13/h8-12H,2-7H2,1H3. The summed E-state index contributed by atoms with van der Waals surface area (Å²) in [6.07, 6.45) is 4.04. The minimum atomic E-state index is -0.299. The zero-order chi connectivity index (χ0) is 15.4. The Labute approximate surface area is 133 Å². The molecule has 1 saturated heterocycles. The van der Waals surface area contributed by atoms with Gasteiger partial charge in [-0.25, -0.2) is 14.6 Å². The Bertz CT molecular complexity index is 585. The third-order valence-electron chi connectivity index (χ3n) is 3.96. The second kappa shape index (κ2) is 6.97. The number of aromatic nitrogens is 4. The van der Waals surface area contributed by atoms with E-state index < -0.39 is 0 Å². The second-order valence-corrected chi connectivity index (χ2v) is 6.20. The Balaban J connectivity index is 1.56. The molecule has 0 saturated carbocycles. The fraction of sp³-hybridized carbons (Fsp3) is 0.571. The maximum Gasteiger partial charge on any atom is 0.247 e. The Morgan fingerprint density at radius 1 is 1.36 bits per heavy atom. The van der Waals surface area contributed by atoms with Gasteiger partial charge in [-0.1, -0.05) is 0 Å². The summed E-state index contributed by atoms with van der Waals surface area (Å²) in [5.41, 5.74) is 2.98. The molecule has 1 aliphatic heterocycles. The molecule has 0 bridgehead atoms. The molecule has 3 heterocycles. The van der Waals surface area contributed by atoms with Gasteiger partial charge in [0.25, 0.3) is 0 Å². The van der Waals surface area contributed by atoms with Gasteiger partial charge in [0.15, 0.2) is 0 Å². The van der Waals surface area contributed by atoms with Crippen LogP contribution in [0.4, 0.5) is 0 Å². The molecule has 1 atom stereocenters. The summed E-state index contributed by atoms with van der Waals surface area (Å²) in [4.78, 5) is 25.1. The molecule has 1 aliphatic rings. The van der Waals surface area contributed by atoms with Crippen molar-refractivity contribution < 1.29 is 4.79 Å². The van der Waals surface area contributed by atoms with Crippen molar-refractivity contribution >= 4 is 17.2 Å². The van der Waals surface area contributed by atoms with Crippen LogP contribution in [-0.2, 0) is 11.3 Å².